The monoisotopic (exact) mass is 984 g/mol. The van der Waals surface area contributed by atoms with Gasteiger partial charge in [-0.25, -0.2) is 9.97 Å². The molecule has 1 amide bonds. The molecule has 9 rings (SSSR count). The minimum absolute atomic E-state index is 0.0763. The molecule has 5 aromatic rings. The highest BCUT2D eigenvalue weighted by molar-refractivity contribution is 6.31. The summed E-state index contributed by atoms with van der Waals surface area (Å²) in [5.74, 6) is 4.76. The summed E-state index contributed by atoms with van der Waals surface area (Å²) in [5.41, 5.74) is 4.72. The Balaban J connectivity index is 0.696. The van der Waals surface area contributed by atoms with Gasteiger partial charge in [0.2, 0.25) is 0 Å². The van der Waals surface area contributed by atoms with Gasteiger partial charge in [-0.2, -0.15) is 14.9 Å². The van der Waals surface area contributed by atoms with E-state index < -0.39 is 0 Å². The van der Waals surface area contributed by atoms with Crippen molar-refractivity contribution in [1.29, 1.82) is 5.26 Å². The van der Waals surface area contributed by atoms with Gasteiger partial charge in [0.1, 0.15) is 35.4 Å². The Kier molecular flexibility index (Phi) is 15.3. The van der Waals surface area contributed by atoms with Gasteiger partial charge in [0.15, 0.2) is 5.65 Å². The van der Waals surface area contributed by atoms with Gasteiger partial charge in [0, 0.05) is 111 Å². The highest BCUT2D eigenvalue weighted by Gasteiger charge is 2.64. The molecule has 4 aliphatic rings. The molecule has 3 saturated heterocycles. The van der Waals surface area contributed by atoms with E-state index in [4.69, 9.17) is 31.4 Å². The number of aliphatic hydroxyl groups is 1. The highest BCUT2D eigenvalue weighted by atomic mass is 35.5. The summed E-state index contributed by atoms with van der Waals surface area (Å²) in [4.78, 5) is 33.5. The summed E-state index contributed by atoms with van der Waals surface area (Å²) >= 11 is 6.29. The lowest BCUT2D eigenvalue weighted by molar-refractivity contribution is -0.164. The van der Waals surface area contributed by atoms with Crippen molar-refractivity contribution in [3.8, 4) is 11.8 Å². The number of rotatable bonds is 17. The molecule has 15 heteroatoms. The highest BCUT2D eigenvalue weighted by Crippen LogP contribution is 2.55. The molecule has 1 aliphatic carbocycles. The molecule has 71 heavy (non-hydrogen) atoms. The first-order valence-electron chi connectivity index (χ1n) is 26.1. The maximum Gasteiger partial charge on any atom is 0.251 e. The normalized spacial score (nSPS) is 21.6. The van der Waals surface area contributed by atoms with E-state index in [-0.39, 0.29) is 35.5 Å². The van der Waals surface area contributed by atoms with Crippen LogP contribution in [0.3, 0.4) is 0 Å². The molecule has 4 fully saturated rings. The van der Waals surface area contributed by atoms with Gasteiger partial charge >= 0.3 is 0 Å². The zero-order chi connectivity index (χ0) is 49.9. The second kappa shape index (κ2) is 21.6. The number of halogens is 1. The van der Waals surface area contributed by atoms with E-state index in [9.17, 15) is 15.2 Å². The molecule has 0 bridgehead atoms. The minimum atomic E-state index is -0.328. The Morgan fingerprint density at radius 3 is 2.35 bits per heavy atom. The predicted octanol–water partition coefficient (Wildman–Crippen LogP) is 9.24. The molecular weight excluding hydrogens is 910 g/mol. The van der Waals surface area contributed by atoms with Gasteiger partial charge in [0.25, 0.3) is 5.91 Å². The topological polar surface area (TPSA) is 150 Å². The van der Waals surface area contributed by atoms with Gasteiger partial charge in [-0.05, 0) is 131 Å². The van der Waals surface area contributed by atoms with E-state index >= 15 is 0 Å². The molecule has 1 atom stereocenters. The van der Waals surface area contributed by atoms with E-state index in [1.54, 1.807) is 18.2 Å². The van der Waals surface area contributed by atoms with Crippen molar-refractivity contribution in [3.05, 3.63) is 100 Å². The van der Waals surface area contributed by atoms with Crippen LogP contribution >= 0.6 is 11.6 Å². The number of nitrogens with zero attached hydrogens (tertiary/aromatic N) is 9. The van der Waals surface area contributed by atoms with Crippen LogP contribution in [-0.2, 0) is 13.0 Å². The van der Waals surface area contributed by atoms with Crippen LogP contribution in [0.2, 0.25) is 5.02 Å². The van der Waals surface area contributed by atoms with Gasteiger partial charge < -0.3 is 40.1 Å². The maximum atomic E-state index is 13.6. The first-order chi connectivity index (χ1) is 34.2. The van der Waals surface area contributed by atoms with Crippen LogP contribution in [0, 0.1) is 34.0 Å². The number of nitriles is 1. The Bertz CT molecular complexity index is 2630. The molecule has 1 saturated carbocycles. The van der Waals surface area contributed by atoms with Crippen LogP contribution in [0.25, 0.3) is 5.65 Å². The second-order valence-electron chi connectivity index (χ2n) is 21.9. The summed E-state index contributed by atoms with van der Waals surface area (Å²) in [6, 6.07) is 22.0. The summed E-state index contributed by atoms with van der Waals surface area (Å²) in [7, 11) is 2.17. The summed E-state index contributed by atoms with van der Waals surface area (Å²) < 4.78 is 8.34. The molecule has 3 aromatic heterocycles. The molecule has 6 heterocycles. The molecule has 3 aliphatic heterocycles. The van der Waals surface area contributed by atoms with Gasteiger partial charge in [-0.3, -0.25) is 4.79 Å². The number of aryl methyl sites for hydroxylation is 1. The van der Waals surface area contributed by atoms with Crippen molar-refractivity contribution in [2.75, 3.05) is 79.5 Å². The van der Waals surface area contributed by atoms with Crippen LogP contribution in [0.5, 0.6) is 5.75 Å². The molecule has 0 radical (unpaired) electrons. The molecular formula is C56H74ClN11O3. The number of carbonyl (C=O) groups is 1. The van der Waals surface area contributed by atoms with Crippen molar-refractivity contribution in [3.63, 3.8) is 0 Å². The molecule has 2 aromatic carbocycles. The van der Waals surface area contributed by atoms with Gasteiger partial charge in [0.05, 0.1) is 16.8 Å². The SMILES string of the molecule is CCc1cnn2c(NCc3ccc(N(C)CC4CCN(CC5CCN(c6ccc(C(=O)NC7C(C)(C)C(Oc8ccc(C#N)c(Cl)c8)C7(C)C)cc6)CC5)CC4)nc3)cc(N3CCCC[C@H]3CCO)nc12. The predicted molar refractivity (Wildman–Crippen MR) is 284 cm³/mol. The van der Waals surface area contributed by atoms with E-state index in [1.807, 2.05) is 29.0 Å². The zero-order valence-electron chi connectivity index (χ0n) is 42.7. The third-order valence-electron chi connectivity index (χ3n) is 16.3. The fraction of sp³-hybridized carbons (Fsp3) is 0.554. The summed E-state index contributed by atoms with van der Waals surface area (Å²) in [6.45, 7) is 18.9. The number of pyridine rings is 1. The number of aromatic nitrogens is 4. The Morgan fingerprint density at radius 1 is 0.930 bits per heavy atom. The Labute approximate surface area is 425 Å². The first kappa shape index (κ1) is 50.3. The van der Waals surface area contributed by atoms with Crippen LogP contribution in [0.4, 0.5) is 23.1 Å². The first-order valence-corrected chi connectivity index (χ1v) is 26.5. The zero-order valence-corrected chi connectivity index (χ0v) is 43.5. The summed E-state index contributed by atoms with van der Waals surface area (Å²) in [6.07, 6.45) is 13.5. The fourth-order valence-corrected chi connectivity index (χ4v) is 12.6. The number of fused-ring (bicyclic) bond motifs is 1. The standard InChI is InChI=1S/C56H74ClN11O3/c1-7-41-35-61-68-49(31-50(62-51(41)68)67-24-9-8-10-45(67)23-29-69)60-34-40-11-18-48(59-33-40)64(6)36-38-19-25-65(26-20-38)37-39-21-27-66(28-22-39)44-15-12-42(13-16-44)52(70)63-53-55(2,3)54(56(53,4)5)71-46-17-14-43(32-58)47(57)30-46/h11-18,30-31,33,35,38-39,45,53-54,60,69H,7-10,19-29,34,36-37H2,1-6H3,(H,63,70)/t45-,53?,54?/m0/s1. The van der Waals surface area contributed by atoms with E-state index in [2.05, 4.69) is 108 Å². The van der Waals surface area contributed by atoms with Gasteiger partial charge in [-0.1, -0.05) is 52.3 Å². The molecule has 14 nitrogen and oxygen atoms in total. The number of aliphatic hydroxyl groups excluding tert-OH is 1. The minimum Gasteiger partial charge on any atom is -0.489 e. The molecule has 3 N–H and O–H groups in total. The second-order valence-corrected chi connectivity index (χ2v) is 22.3. The largest absolute Gasteiger partial charge is 0.489 e. The summed E-state index contributed by atoms with van der Waals surface area (Å²) in [5, 5.41) is 31.1. The Hall–Kier alpha value is -5.62. The number of benzene rings is 2. The lowest BCUT2D eigenvalue weighted by Crippen LogP contribution is -2.74. The van der Waals surface area contributed by atoms with Crippen molar-refractivity contribution >= 4 is 46.3 Å². The van der Waals surface area contributed by atoms with Gasteiger partial charge in [-0.15, -0.1) is 0 Å². The van der Waals surface area contributed by atoms with Crippen molar-refractivity contribution < 1.29 is 14.6 Å². The third kappa shape index (κ3) is 10.9. The number of ether oxygens (including phenoxy) is 1. The number of amides is 1. The Morgan fingerprint density at radius 2 is 1.68 bits per heavy atom. The molecule has 0 unspecified atom stereocenters. The van der Waals surface area contributed by atoms with Crippen LogP contribution in [0.15, 0.2) is 73.1 Å². The van der Waals surface area contributed by atoms with E-state index in [1.165, 1.54) is 44.3 Å². The average molecular weight is 985 g/mol. The fourth-order valence-electron chi connectivity index (χ4n) is 12.4. The number of likely N-dealkylation sites (tertiary alicyclic amines) is 1. The number of anilines is 4. The average Bonchev–Trinajstić information content (AvgIpc) is 3.81. The van der Waals surface area contributed by atoms with Crippen molar-refractivity contribution in [1.82, 2.24) is 29.8 Å². The van der Waals surface area contributed by atoms with Crippen LogP contribution in [-0.4, -0.2) is 113 Å². The van der Waals surface area contributed by atoms with E-state index in [0.717, 1.165) is 99.2 Å². The number of carbonyl (C=O) groups excluding carboxylic acids is 1. The molecule has 0 spiro atoms. The number of nitrogens with one attached hydrogen (secondary N) is 2. The lowest BCUT2D eigenvalue weighted by Gasteiger charge is -2.63. The van der Waals surface area contributed by atoms with Crippen LogP contribution in [0.1, 0.15) is 113 Å². The number of hydrogen-bond donors (Lipinski definition) is 3. The quantitative estimate of drug-likeness (QED) is 0.0815. The third-order valence-corrected chi connectivity index (χ3v) is 16.6. The smallest absolute Gasteiger partial charge is 0.251 e. The van der Waals surface area contributed by atoms with Crippen LogP contribution < -0.4 is 30.1 Å². The number of hydrogen-bond acceptors (Lipinski definition) is 12. The maximum absolute atomic E-state index is 13.6. The number of piperidine rings is 3. The lowest BCUT2D eigenvalue weighted by atomic mass is 9.49. The molecule has 378 valence electrons. The van der Waals surface area contributed by atoms with Crippen molar-refractivity contribution in [2.45, 2.75) is 117 Å². The van der Waals surface area contributed by atoms with E-state index in [0.29, 0.717) is 46.3 Å². The van der Waals surface area contributed by atoms with Crippen molar-refractivity contribution in [2.24, 2.45) is 22.7 Å².